The third-order valence-corrected chi connectivity index (χ3v) is 5.23. The van der Waals surface area contributed by atoms with E-state index in [9.17, 15) is 0 Å². The van der Waals surface area contributed by atoms with Gasteiger partial charge in [0.25, 0.3) is 0 Å². The zero-order valence-electron chi connectivity index (χ0n) is 12.4. The monoisotopic (exact) mass is 286 g/mol. The molecule has 1 aliphatic carbocycles. The Morgan fingerprint density at radius 3 is 2.70 bits per heavy atom. The quantitative estimate of drug-likeness (QED) is 0.905. The van der Waals surface area contributed by atoms with Gasteiger partial charge in [0.1, 0.15) is 0 Å². The largest absolute Gasteiger partial charge is 0.323 e. The number of thiazole rings is 1. The zero-order valence-corrected chi connectivity index (χ0v) is 13.3. The molecule has 0 bridgehead atoms. The maximum Gasteiger partial charge on any atom is 0.0975 e. The van der Waals surface area contributed by atoms with Crippen molar-refractivity contribution in [2.75, 3.05) is 0 Å². The van der Waals surface area contributed by atoms with Crippen LogP contribution in [-0.4, -0.2) is 4.98 Å². The number of nitrogens with two attached hydrogens (primary N) is 1. The van der Waals surface area contributed by atoms with Gasteiger partial charge in [0.2, 0.25) is 0 Å². The maximum absolute atomic E-state index is 6.32. The van der Waals surface area contributed by atoms with Gasteiger partial charge in [0.15, 0.2) is 0 Å². The molecule has 1 heterocycles. The van der Waals surface area contributed by atoms with Gasteiger partial charge in [-0.25, -0.2) is 4.98 Å². The first kappa shape index (κ1) is 13.8. The first-order valence-corrected chi connectivity index (χ1v) is 8.04. The summed E-state index contributed by atoms with van der Waals surface area (Å²) in [6.45, 7) is 6.69. The summed E-state index contributed by atoms with van der Waals surface area (Å²) in [6, 6.07) is 8.88. The molecule has 1 aliphatic rings. The minimum atomic E-state index is 0.165. The van der Waals surface area contributed by atoms with Crippen LogP contribution in [0.25, 0.3) is 0 Å². The number of rotatable bonds is 2. The van der Waals surface area contributed by atoms with Crippen LogP contribution in [0, 0.1) is 12.3 Å². The van der Waals surface area contributed by atoms with E-state index in [-0.39, 0.29) is 11.5 Å². The lowest BCUT2D eigenvalue weighted by Crippen LogP contribution is -2.28. The number of benzene rings is 1. The molecule has 0 saturated heterocycles. The van der Waals surface area contributed by atoms with Gasteiger partial charge < -0.3 is 5.73 Å². The molecule has 20 heavy (non-hydrogen) atoms. The van der Waals surface area contributed by atoms with Crippen LogP contribution in [0.5, 0.6) is 0 Å². The van der Waals surface area contributed by atoms with E-state index in [0.29, 0.717) is 0 Å². The number of nitrogens with zero attached hydrogens (tertiary/aromatic N) is 1. The van der Waals surface area contributed by atoms with Crippen molar-refractivity contribution in [3.63, 3.8) is 0 Å². The van der Waals surface area contributed by atoms with E-state index in [2.05, 4.69) is 45.0 Å². The topological polar surface area (TPSA) is 38.9 Å². The van der Waals surface area contributed by atoms with Gasteiger partial charge in [0, 0.05) is 17.3 Å². The van der Waals surface area contributed by atoms with Crippen LogP contribution in [-0.2, 0) is 12.8 Å². The Morgan fingerprint density at radius 1 is 1.30 bits per heavy atom. The molecule has 0 saturated carbocycles. The Kier molecular flexibility index (Phi) is 3.43. The molecule has 2 aromatic rings. The first-order valence-electron chi connectivity index (χ1n) is 7.22. The molecule has 1 aromatic heterocycles. The fourth-order valence-electron chi connectivity index (χ4n) is 3.00. The van der Waals surface area contributed by atoms with Crippen molar-refractivity contribution in [2.45, 2.75) is 46.1 Å². The fourth-order valence-corrected chi connectivity index (χ4v) is 4.12. The number of aromatic nitrogens is 1. The summed E-state index contributed by atoms with van der Waals surface area (Å²) in [6.07, 6.45) is 3.04. The average Bonchev–Trinajstić information content (AvgIpc) is 2.73. The summed E-state index contributed by atoms with van der Waals surface area (Å²) >= 11 is 1.81. The number of hydrogen-bond donors (Lipinski definition) is 1. The van der Waals surface area contributed by atoms with Crippen LogP contribution in [0.1, 0.15) is 53.0 Å². The molecular formula is C17H22N2S. The van der Waals surface area contributed by atoms with E-state index in [0.717, 1.165) is 19.3 Å². The highest BCUT2D eigenvalue weighted by Crippen LogP contribution is 2.42. The van der Waals surface area contributed by atoms with Gasteiger partial charge in [-0.15, -0.1) is 11.3 Å². The van der Waals surface area contributed by atoms with Crippen molar-refractivity contribution in [3.8, 4) is 0 Å². The Bertz CT molecular complexity index is 610. The smallest absolute Gasteiger partial charge is 0.0975 e. The summed E-state index contributed by atoms with van der Waals surface area (Å²) in [4.78, 5) is 6.16. The first-order chi connectivity index (χ1) is 9.43. The van der Waals surface area contributed by atoms with Crippen molar-refractivity contribution < 1.29 is 0 Å². The molecular weight excluding hydrogens is 264 g/mol. The van der Waals surface area contributed by atoms with Crippen LogP contribution in [0.15, 0.2) is 24.3 Å². The van der Waals surface area contributed by atoms with Crippen LogP contribution in [0.2, 0.25) is 0 Å². The van der Waals surface area contributed by atoms with Crippen LogP contribution < -0.4 is 5.73 Å². The van der Waals surface area contributed by atoms with Gasteiger partial charge >= 0.3 is 0 Å². The minimum absolute atomic E-state index is 0.165. The lowest BCUT2D eigenvalue weighted by atomic mass is 9.77. The van der Waals surface area contributed by atoms with E-state index in [1.165, 1.54) is 26.7 Å². The Balaban J connectivity index is 1.85. The van der Waals surface area contributed by atoms with Gasteiger partial charge in [-0.05, 0) is 30.7 Å². The van der Waals surface area contributed by atoms with Gasteiger partial charge in [0.05, 0.1) is 10.7 Å². The normalized spacial score (nSPS) is 20.7. The lowest BCUT2D eigenvalue weighted by molar-refractivity contribution is 0.282. The molecule has 0 aliphatic heterocycles. The molecule has 106 valence electrons. The second kappa shape index (κ2) is 4.97. The predicted octanol–water partition coefficient (Wildman–Crippen LogP) is 4.01. The summed E-state index contributed by atoms with van der Waals surface area (Å²) < 4.78 is 0. The SMILES string of the molecule is Cc1ccc(Cc2nc3c(s2)C(N)CC(C)(C)C3)cc1. The highest BCUT2D eigenvalue weighted by atomic mass is 32.1. The summed E-state index contributed by atoms with van der Waals surface area (Å²) in [5, 5.41) is 1.20. The van der Waals surface area contributed by atoms with Crippen LogP contribution in [0.4, 0.5) is 0 Å². The molecule has 0 spiro atoms. The van der Waals surface area contributed by atoms with Gasteiger partial charge in [-0.1, -0.05) is 43.7 Å². The Labute approximate surface area is 125 Å². The summed E-state index contributed by atoms with van der Waals surface area (Å²) in [5.74, 6) is 0. The average molecular weight is 286 g/mol. The highest BCUT2D eigenvalue weighted by molar-refractivity contribution is 7.11. The standard InChI is InChI=1S/C17H22N2S/c1-11-4-6-12(7-5-11)8-15-19-14-10-17(2,3)9-13(18)16(14)20-15/h4-7,13H,8-10,18H2,1-3H3. The zero-order chi connectivity index (χ0) is 14.3. The molecule has 0 amide bonds. The van der Waals surface area contributed by atoms with E-state index in [4.69, 9.17) is 10.7 Å². The number of hydrogen-bond acceptors (Lipinski definition) is 3. The van der Waals surface area contributed by atoms with Crippen LogP contribution in [0.3, 0.4) is 0 Å². The van der Waals surface area contributed by atoms with E-state index in [1.54, 1.807) is 0 Å². The summed E-state index contributed by atoms with van der Waals surface area (Å²) in [5.41, 5.74) is 10.5. The predicted molar refractivity (Wildman–Crippen MR) is 85.1 cm³/mol. The maximum atomic E-state index is 6.32. The van der Waals surface area contributed by atoms with Crippen molar-refractivity contribution >= 4 is 11.3 Å². The second-order valence-corrected chi connectivity index (χ2v) is 7.85. The highest BCUT2D eigenvalue weighted by Gasteiger charge is 2.33. The molecule has 3 heteroatoms. The molecule has 3 rings (SSSR count). The van der Waals surface area contributed by atoms with E-state index < -0.39 is 0 Å². The summed E-state index contributed by atoms with van der Waals surface area (Å²) in [7, 11) is 0. The fraction of sp³-hybridized carbons (Fsp3) is 0.471. The van der Waals surface area contributed by atoms with Gasteiger partial charge in [-0.2, -0.15) is 0 Å². The molecule has 1 aromatic carbocycles. The van der Waals surface area contributed by atoms with Crippen molar-refractivity contribution in [1.82, 2.24) is 4.98 Å². The number of aryl methyl sites for hydroxylation is 1. The second-order valence-electron chi connectivity index (χ2n) is 6.73. The molecule has 2 nitrogen and oxygen atoms in total. The van der Waals surface area contributed by atoms with Crippen molar-refractivity contribution in [1.29, 1.82) is 0 Å². The van der Waals surface area contributed by atoms with Crippen LogP contribution >= 0.6 is 11.3 Å². The molecule has 0 radical (unpaired) electrons. The third-order valence-electron chi connectivity index (χ3n) is 4.00. The van der Waals surface area contributed by atoms with Gasteiger partial charge in [-0.3, -0.25) is 0 Å². The third kappa shape index (κ3) is 2.79. The van der Waals surface area contributed by atoms with E-state index in [1.807, 2.05) is 11.3 Å². The van der Waals surface area contributed by atoms with E-state index >= 15 is 0 Å². The molecule has 1 unspecified atom stereocenters. The minimum Gasteiger partial charge on any atom is -0.323 e. The lowest BCUT2D eigenvalue weighted by Gasteiger charge is -2.32. The molecule has 0 fully saturated rings. The molecule has 2 N–H and O–H groups in total. The number of fused-ring (bicyclic) bond motifs is 1. The van der Waals surface area contributed by atoms with Crippen molar-refractivity contribution in [2.24, 2.45) is 11.1 Å². The Morgan fingerprint density at radius 2 is 2.00 bits per heavy atom. The van der Waals surface area contributed by atoms with Crippen molar-refractivity contribution in [3.05, 3.63) is 51.0 Å². The molecule has 1 atom stereocenters. The Hall–Kier alpha value is -1.19.